The standard InChI is InChI=1S/C33H31NO4S/c1-3-25-34(39(36,37)31-21-19-30(38-2)20-22-31)32(26-28-15-9-5-10-16-28)33(35,29-17-11-6-12-18-29)24-23-27-13-7-4-8-14-27/h3-22,32,35H,1,25-26H2,2H3. The molecule has 4 rings (SSSR count). The summed E-state index contributed by atoms with van der Waals surface area (Å²) >= 11 is 0. The maximum absolute atomic E-state index is 14.2. The second-order valence-corrected chi connectivity index (χ2v) is 10.9. The van der Waals surface area contributed by atoms with Crippen molar-refractivity contribution in [2.45, 2.75) is 23.0 Å². The minimum Gasteiger partial charge on any atom is -0.497 e. The van der Waals surface area contributed by atoms with Gasteiger partial charge in [0.2, 0.25) is 10.0 Å². The third kappa shape index (κ3) is 6.47. The van der Waals surface area contributed by atoms with Crippen molar-refractivity contribution in [2.24, 2.45) is 0 Å². The van der Waals surface area contributed by atoms with Crippen LogP contribution in [0, 0.1) is 11.8 Å². The molecule has 4 aromatic rings. The highest BCUT2D eigenvalue weighted by Crippen LogP contribution is 2.34. The van der Waals surface area contributed by atoms with Gasteiger partial charge in [0, 0.05) is 12.1 Å². The Morgan fingerprint density at radius 1 is 0.897 bits per heavy atom. The molecule has 4 aromatic carbocycles. The molecule has 0 amide bonds. The molecular weight excluding hydrogens is 506 g/mol. The molecule has 6 heteroatoms. The number of hydrogen-bond acceptors (Lipinski definition) is 4. The van der Waals surface area contributed by atoms with Gasteiger partial charge in [-0.15, -0.1) is 6.58 Å². The van der Waals surface area contributed by atoms with Crippen molar-refractivity contribution >= 4 is 10.0 Å². The molecule has 5 nitrogen and oxygen atoms in total. The van der Waals surface area contributed by atoms with Crippen molar-refractivity contribution in [1.29, 1.82) is 0 Å². The number of rotatable bonds is 10. The van der Waals surface area contributed by atoms with Crippen LogP contribution in [0.2, 0.25) is 0 Å². The molecule has 0 aliphatic heterocycles. The van der Waals surface area contributed by atoms with Gasteiger partial charge in [-0.1, -0.05) is 96.8 Å². The van der Waals surface area contributed by atoms with E-state index in [9.17, 15) is 13.5 Å². The average molecular weight is 538 g/mol. The molecule has 0 saturated heterocycles. The molecule has 39 heavy (non-hydrogen) atoms. The molecule has 0 heterocycles. The van der Waals surface area contributed by atoms with Crippen molar-refractivity contribution in [2.75, 3.05) is 13.7 Å². The van der Waals surface area contributed by atoms with Crippen molar-refractivity contribution < 1.29 is 18.3 Å². The molecule has 0 radical (unpaired) electrons. The summed E-state index contributed by atoms with van der Waals surface area (Å²) < 4.78 is 34.9. The molecule has 2 unspecified atom stereocenters. The van der Waals surface area contributed by atoms with Gasteiger partial charge in [0.1, 0.15) is 5.75 Å². The summed E-state index contributed by atoms with van der Waals surface area (Å²) in [5.74, 6) is 6.71. The van der Waals surface area contributed by atoms with E-state index in [1.54, 1.807) is 36.4 Å². The number of nitrogens with zero attached hydrogens (tertiary/aromatic N) is 1. The summed E-state index contributed by atoms with van der Waals surface area (Å²) in [6, 6.07) is 33.0. The summed E-state index contributed by atoms with van der Waals surface area (Å²) in [5, 5.41) is 12.5. The number of aliphatic hydroxyl groups is 1. The first-order valence-electron chi connectivity index (χ1n) is 12.6. The average Bonchev–Trinajstić information content (AvgIpc) is 2.99. The van der Waals surface area contributed by atoms with Crippen molar-refractivity contribution in [3.8, 4) is 17.6 Å². The van der Waals surface area contributed by atoms with Crippen LogP contribution >= 0.6 is 0 Å². The Kier molecular flexibility index (Phi) is 9.00. The van der Waals surface area contributed by atoms with Crippen LogP contribution in [-0.2, 0) is 22.0 Å². The summed E-state index contributed by atoms with van der Waals surface area (Å²) in [7, 11) is -2.58. The smallest absolute Gasteiger partial charge is 0.243 e. The van der Waals surface area contributed by atoms with E-state index >= 15 is 0 Å². The van der Waals surface area contributed by atoms with Gasteiger partial charge in [0.15, 0.2) is 5.60 Å². The Balaban J connectivity index is 1.94. The van der Waals surface area contributed by atoms with Crippen LogP contribution in [0.25, 0.3) is 0 Å². The predicted molar refractivity (Wildman–Crippen MR) is 155 cm³/mol. The van der Waals surface area contributed by atoms with E-state index in [0.29, 0.717) is 16.9 Å². The number of ether oxygens (including phenoxy) is 1. The number of sulfonamides is 1. The van der Waals surface area contributed by atoms with Gasteiger partial charge in [-0.25, -0.2) is 8.42 Å². The molecule has 0 bridgehead atoms. The molecule has 0 saturated carbocycles. The molecule has 0 aliphatic rings. The van der Waals surface area contributed by atoms with Gasteiger partial charge in [-0.3, -0.25) is 0 Å². The van der Waals surface area contributed by atoms with E-state index in [4.69, 9.17) is 4.74 Å². The van der Waals surface area contributed by atoms with Crippen molar-refractivity contribution in [3.63, 3.8) is 0 Å². The highest BCUT2D eigenvalue weighted by Gasteiger charge is 2.45. The summed E-state index contributed by atoms with van der Waals surface area (Å²) in [4.78, 5) is 0.0784. The van der Waals surface area contributed by atoms with Gasteiger partial charge >= 0.3 is 0 Å². The quantitative estimate of drug-likeness (QED) is 0.217. The molecule has 2 atom stereocenters. The summed E-state index contributed by atoms with van der Waals surface area (Å²) in [5.41, 5.74) is 0.194. The van der Waals surface area contributed by atoms with Crippen LogP contribution < -0.4 is 4.74 Å². The molecule has 198 valence electrons. The van der Waals surface area contributed by atoms with Crippen LogP contribution in [-0.4, -0.2) is 37.5 Å². The zero-order valence-electron chi connectivity index (χ0n) is 21.8. The van der Waals surface area contributed by atoms with Crippen LogP contribution in [0.15, 0.2) is 133 Å². The lowest BCUT2D eigenvalue weighted by atomic mass is 9.83. The lowest BCUT2D eigenvalue weighted by Crippen LogP contribution is -2.53. The monoisotopic (exact) mass is 537 g/mol. The van der Waals surface area contributed by atoms with E-state index in [0.717, 1.165) is 5.56 Å². The second kappa shape index (κ2) is 12.6. The maximum atomic E-state index is 14.2. The first-order valence-corrected chi connectivity index (χ1v) is 14.0. The molecule has 0 aromatic heterocycles. The second-order valence-electron chi connectivity index (χ2n) is 8.99. The van der Waals surface area contributed by atoms with Gasteiger partial charge < -0.3 is 9.84 Å². The summed E-state index contributed by atoms with van der Waals surface area (Å²) in [6.07, 6.45) is 1.73. The zero-order chi connectivity index (χ0) is 27.7. The highest BCUT2D eigenvalue weighted by atomic mass is 32.2. The molecule has 1 N–H and O–H groups in total. The molecule has 0 aliphatic carbocycles. The molecule has 0 fully saturated rings. The Hall–Kier alpha value is -4.15. The minimum atomic E-state index is -4.10. The van der Waals surface area contributed by atoms with Crippen LogP contribution in [0.3, 0.4) is 0 Å². The molecular formula is C33H31NO4S. The minimum absolute atomic E-state index is 0.0337. The fourth-order valence-corrected chi connectivity index (χ4v) is 6.04. The van der Waals surface area contributed by atoms with E-state index in [-0.39, 0.29) is 17.9 Å². The zero-order valence-corrected chi connectivity index (χ0v) is 22.6. The highest BCUT2D eigenvalue weighted by molar-refractivity contribution is 7.89. The number of benzene rings is 4. The van der Waals surface area contributed by atoms with Crippen LogP contribution in [0.1, 0.15) is 16.7 Å². The largest absolute Gasteiger partial charge is 0.497 e. The Morgan fingerprint density at radius 2 is 1.46 bits per heavy atom. The first kappa shape index (κ1) is 27.9. The van der Waals surface area contributed by atoms with E-state index in [1.807, 2.05) is 66.7 Å². The Bertz CT molecular complexity index is 1530. The fraction of sp³-hybridized carbons (Fsp3) is 0.152. The third-order valence-corrected chi connectivity index (χ3v) is 8.35. The topological polar surface area (TPSA) is 66.8 Å². The van der Waals surface area contributed by atoms with E-state index in [1.165, 1.54) is 29.6 Å². The van der Waals surface area contributed by atoms with Gasteiger partial charge in [0.25, 0.3) is 0 Å². The SMILES string of the molecule is C=CCN(C(Cc1ccccc1)C(O)(C#Cc1ccccc1)c1ccccc1)S(=O)(=O)c1ccc(OC)cc1. The predicted octanol–water partition coefficient (Wildman–Crippen LogP) is 5.42. The number of methoxy groups -OCH3 is 1. The van der Waals surface area contributed by atoms with Crippen molar-refractivity contribution in [1.82, 2.24) is 4.31 Å². The van der Waals surface area contributed by atoms with Gasteiger partial charge in [-0.05, 0) is 53.9 Å². The molecule has 0 spiro atoms. The summed E-state index contributed by atoms with van der Waals surface area (Å²) in [6.45, 7) is 3.80. The van der Waals surface area contributed by atoms with Gasteiger partial charge in [-0.2, -0.15) is 4.31 Å². The first-order chi connectivity index (χ1) is 18.9. The lowest BCUT2D eigenvalue weighted by Gasteiger charge is -2.39. The maximum Gasteiger partial charge on any atom is 0.243 e. The number of hydrogen-bond donors (Lipinski definition) is 1. The Labute approximate surface area is 231 Å². The normalized spacial score (nSPS) is 13.5. The van der Waals surface area contributed by atoms with Crippen LogP contribution in [0.4, 0.5) is 0 Å². The van der Waals surface area contributed by atoms with Crippen LogP contribution in [0.5, 0.6) is 5.75 Å². The lowest BCUT2D eigenvalue weighted by molar-refractivity contribution is 0.0265. The van der Waals surface area contributed by atoms with E-state index < -0.39 is 21.7 Å². The fourth-order valence-electron chi connectivity index (χ4n) is 4.43. The van der Waals surface area contributed by atoms with E-state index in [2.05, 4.69) is 18.4 Å². The van der Waals surface area contributed by atoms with Crippen molar-refractivity contribution in [3.05, 3.63) is 145 Å². The van der Waals surface area contributed by atoms with Gasteiger partial charge in [0.05, 0.1) is 18.0 Å². The Morgan fingerprint density at radius 3 is 2.03 bits per heavy atom. The third-order valence-electron chi connectivity index (χ3n) is 6.46.